The minimum Gasteiger partial charge on any atom is -0.290 e. The van der Waals surface area contributed by atoms with Crippen molar-refractivity contribution in [3.05, 3.63) is 0 Å². The first-order chi connectivity index (χ1) is 4.35. The molecule has 9 heavy (non-hydrogen) atoms. The van der Waals surface area contributed by atoms with Crippen molar-refractivity contribution in [1.29, 1.82) is 0 Å². The lowest BCUT2D eigenvalue weighted by molar-refractivity contribution is 0.109. The Kier molecular flexibility index (Phi) is 5.93. The van der Waals surface area contributed by atoms with Crippen LogP contribution in [0.3, 0.4) is 0 Å². The Morgan fingerprint density at radius 2 is 2.00 bits per heavy atom. The topological polar surface area (TPSA) is 47.3 Å². The van der Waals surface area contributed by atoms with Crippen LogP contribution < -0.4 is 11.2 Å². The summed E-state index contributed by atoms with van der Waals surface area (Å²) in [6.45, 7) is 4.72. The van der Waals surface area contributed by atoms with Gasteiger partial charge in [-0.15, -0.1) is 0 Å². The van der Waals surface area contributed by atoms with Gasteiger partial charge in [0.1, 0.15) is 6.73 Å². The zero-order valence-electron chi connectivity index (χ0n) is 6.18. The molecular weight excluding hydrogens is 116 g/mol. The molecule has 0 spiro atoms. The summed E-state index contributed by atoms with van der Waals surface area (Å²) in [5.41, 5.74) is 0. The van der Waals surface area contributed by atoms with Gasteiger partial charge < -0.3 is 0 Å². The van der Waals surface area contributed by atoms with Gasteiger partial charge in [-0.3, -0.25) is 10.2 Å². The number of nitrogens with two attached hydrogens (primary N) is 1. The maximum atomic E-state index is 4.82. The highest BCUT2D eigenvalue weighted by Crippen LogP contribution is 1.93. The van der Waals surface area contributed by atoms with Gasteiger partial charge in [0.25, 0.3) is 0 Å². The van der Waals surface area contributed by atoms with Crippen molar-refractivity contribution in [2.75, 3.05) is 6.73 Å². The van der Waals surface area contributed by atoms with Gasteiger partial charge in [-0.25, -0.2) is 5.90 Å². The summed E-state index contributed by atoms with van der Waals surface area (Å²) in [6, 6.07) is 0.550. The molecule has 0 fully saturated rings. The van der Waals surface area contributed by atoms with Crippen LogP contribution in [0.1, 0.15) is 26.7 Å². The van der Waals surface area contributed by atoms with Crippen LogP contribution >= 0.6 is 0 Å². The van der Waals surface area contributed by atoms with Crippen LogP contribution in [0.5, 0.6) is 0 Å². The molecule has 0 radical (unpaired) electrons. The van der Waals surface area contributed by atoms with Crippen molar-refractivity contribution in [2.24, 2.45) is 5.90 Å². The van der Waals surface area contributed by atoms with Gasteiger partial charge in [-0.2, -0.15) is 0 Å². The molecule has 0 aromatic carbocycles. The predicted octanol–water partition coefficient (Wildman–Crippen LogP) is 0.612. The van der Waals surface area contributed by atoms with E-state index in [4.69, 9.17) is 5.90 Å². The zero-order valence-corrected chi connectivity index (χ0v) is 6.18. The van der Waals surface area contributed by atoms with Gasteiger partial charge in [0, 0.05) is 6.04 Å². The summed E-state index contributed by atoms with van der Waals surface area (Å²) in [6.07, 6.45) is 2.25. The molecule has 0 aliphatic carbocycles. The zero-order chi connectivity index (χ0) is 7.11. The van der Waals surface area contributed by atoms with E-state index in [-0.39, 0.29) is 0 Å². The molecule has 0 heterocycles. The van der Waals surface area contributed by atoms with Crippen LogP contribution in [0.15, 0.2) is 0 Å². The summed E-state index contributed by atoms with van der Waals surface area (Å²) in [5.74, 6) is 4.82. The Labute approximate surface area is 56.5 Å². The molecule has 0 aromatic heterocycles. The standard InChI is InChI=1S/C6H16N2O/c1-3-6(4-2)8-5-9-7/h6,8H,3-5,7H2,1-2H3. The lowest BCUT2D eigenvalue weighted by Crippen LogP contribution is -2.31. The highest BCUT2D eigenvalue weighted by molar-refractivity contribution is 4.58. The number of rotatable bonds is 5. The molecule has 56 valence electrons. The summed E-state index contributed by atoms with van der Waals surface area (Å²) in [5, 5.41) is 3.12. The molecule has 3 nitrogen and oxygen atoms in total. The van der Waals surface area contributed by atoms with E-state index in [1.165, 1.54) is 0 Å². The molecule has 0 bridgehead atoms. The van der Waals surface area contributed by atoms with Crippen LogP contribution in [0.4, 0.5) is 0 Å². The second-order valence-electron chi connectivity index (χ2n) is 2.03. The van der Waals surface area contributed by atoms with Crippen molar-refractivity contribution in [2.45, 2.75) is 32.7 Å². The highest BCUT2D eigenvalue weighted by Gasteiger charge is 1.98. The van der Waals surface area contributed by atoms with Gasteiger partial charge in [0.05, 0.1) is 0 Å². The maximum absolute atomic E-state index is 4.82. The van der Waals surface area contributed by atoms with E-state index in [1.807, 2.05) is 0 Å². The van der Waals surface area contributed by atoms with Crippen LogP contribution in [0.25, 0.3) is 0 Å². The Balaban J connectivity index is 3.09. The van der Waals surface area contributed by atoms with Crippen LogP contribution in [-0.4, -0.2) is 12.8 Å². The smallest absolute Gasteiger partial charge is 0.118 e. The number of hydrogen-bond acceptors (Lipinski definition) is 3. The fourth-order valence-corrected chi connectivity index (χ4v) is 0.743. The average Bonchev–Trinajstić information content (AvgIpc) is 1.91. The fourth-order valence-electron chi connectivity index (χ4n) is 0.743. The van der Waals surface area contributed by atoms with Crippen molar-refractivity contribution < 1.29 is 4.84 Å². The quantitative estimate of drug-likeness (QED) is 0.425. The second-order valence-corrected chi connectivity index (χ2v) is 2.03. The third-order valence-electron chi connectivity index (χ3n) is 1.44. The van der Waals surface area contributed by atoms with Gasteiger partial charge in [0.2, 0.25) is 0 Å². The Hall–Kier alpha value is -0.120. The SMILES string of the molecule is CCC(CC)NCON. The van der Waals surface area contributed by atoms with E-state index in [9.17, 15) is 0 Å². The first kappa shape index (κ1) is 8.88. The number of nitrogens with one attached hydrogen (secondary N) is 1. The molecule has 0 saturated heterocycles. The average molecular weight is 132 g/mol. The van der Waals surface area contributed by atoms with E-state index in [0.29, 0.717) is 12.8 Å². The van der Waals surface area contributed by atoms with Gasteiger partial charge in [0.15, 0.2) is 0 Å². The first-order valence-corrected chi connectivity index (χ1v) is 3.40. The third-order valence-corrected chi connectivity index (χ3v) is 1.44. The number of hydrogen-bond donors (Lipinski definition) is 2. The monoisotopic (exact) mass is 132 g/mol. The molecule has 0 rings (SSSR count). The van der Waals surface area contributed by atoms with Crippen molar-refractivity contribution in [1.82, 2.24) is 5.32 Å². The van der Waals surface area contributed by atoms with Crippen molar-refractivity contribution >= 4 is 0 Å². The lowest BCUT2D eigenvalue weighted by Gasteiger charge is -2.12. The Bertz CT molecular complexity index is 55.0. The van der Waals surface area contributed by atoms with Crippen molar-refractivity contribution in [3.63, 3.8) is 0 Å². The van der Waals surface area contributed by atoms with Gasteiger partial charge in [-0.05, 0) is 12.8 Å². The molecule has 0 atom stereocenters. The molecule has 0 aliphatic rings. The normalized spacial score (nSPS) is 10.7. The summed E-state index contributed by atoms with van der Waals surface area (Å²) in [7, 11) is 0. The van der Waals surface area contributed by atoms with E-state index in [2.05, 4.69) is 24.0 Å². The Morgan fingerprint density at radius 3 is 2.33 bits per heavy atom. The molecule has 0 saturated carbocycles. The fraction of sp³-hybridized carbons (Fsp3) is 1.00. The summed E-state index contributed by atoms with van der Waals surface area (Å²) in [4.78, 5) is 4.36. The minimum absolute atomic E-state index is 0.451. The second kappa shape index (κ2) is 6.01. The maximum Gasteiger partial charge on any atom is 0.118 e. The van der Waals surface area contributed by atoms with E-state index >= 15 is 0 Å². The first-order valence-electron chi connectivity index (χ1n) is 3.40. The summed E-state index contributed by atoms with van der Waals surface area (Å²) >= 11 is 0. The molecular formula is C6H16N2O. The predicted molar refractivity (Wildman–Crippen MR) is 37.6 cm³/mol. The molecule has 3 N–H and O–H groups in total. The minimum atomic E-state index is 0.451. The molecule has 0 unspecified atom stereocenters. The van der Waals surface area contributed by atoms with E-state index in [0.717, 1.165) is 12.8 Å². The van der Waals surface area contributed by atoms with E-state index < -0.39 is 0 Å². The van der Waals surface area contributed by atoms with Crippen molar-refractivity contribution in [3.8, 4) is 0 Å². The largest absolute Gasteiger partial charge is 0.290 e. The van der Waals surface area contributed by atoms with Crippen LogP contribution in [0, 0.1) is 0 Å². The molecule has 0 aliphatic heterocycles. The van der Waals surface area contributed by atoms with Gasteiger partial charge in [-0.1, -0.05) is 13.8 Å². The van der Waals surface area contributed by atoms with Crippen LogP contribution in [-0.2, 0) is 4.84 Å². The lowest BCUT2D eigenvalue weighted by atomic mass is 10.2. The molecule has 3 heteroatoms. The summed E-state index contributed by atoms with van der Waals surface area (Å²) < 4.78 is 0. The molecule has 0 aromatic rings. The highest BCUT2D eigenvalue weighted by atomic mass is 16.6. The third kappa shape index (κ3) is 4.39. The van der Waals surface area contributed by atoms with Crippen LogP contribution in [0.2, 0.25) is 0 Å². The Morgan fingerprint density at radius 1 is 1.44 bits per heavy atom. The van der Waals surface area contributed by atoms with E-state index in [1.54, 1.807) is 0 Å². The molecule has 0 amide bonds. The van der Waals surface area contributed by atoms with Gasteiger partial charge >= 0.3 is 0 Å².